The third kappa shape index (κ3) is 2.59. The zero-order valence-corrected chi connectivity index (χ0v) is 11.4. The number of amides is 1. The molecule has 0 aliphatic heterocycles. The van der Waals surface area contributed by atoms with Gasteiger partial charge in [-0.05, 0) is 37.5 Å². The van der Waals surface area contributed by atoms with E-state index in [-0.39, 0.29) is 6.04 Å². The molecule has 5 heteroatoms. The van der Waals surface area contributed by atoms with Crippen molar-refractivity contribution in [2.75, 3.05) is 0 Å². The maximum Gasteiger partial charge on any atom is 0.319 e. The Hall–Kier alpha value is -1.55. The molecule has 1 aromatic carbocycles. The van der Waals surface area contributed by atoms with E-state index in [1.165, 1.54) is 0 Å². The van der Waals surface area contributed by atoms with E-state index in [0.29, 0.717) is 17.9 Å². The van der Waals surface area contributed by atoms with Crippen molar-refractivity contribution in [2.24, 2.45) is 5.41 Å². The van der Waals surface area contributed by atoms with Crippen molar-refractivity contribution in [2.45, 2.75) is 32.2 Å². The SMILES string of the molecule is CC(NC(=O)C1(C(=O)O)CCC1)c1ccc(Cl)cc1. The van der Waals surface area contributed by atoms with Gasteiger partial charge in [-0.1, -0.05) is 30.2 Å². The lowest BCUT2D eigenvalue weighted by Crippen LogP contribution is -2.51. The zero-order valence-electron chi connectivity index (χ0n) is 10.6. The Morgan fingerprint density at radius 1 is 1.32 bits per heavy atom. The fourth-order valence-electron chi connectivity index (χ4n) is 2.24. The standard InChI is InChI=1S/C14H16ClNO3/c1-9(10-3-5-11(15)6-4-10)16-12(17)14(13(18)19)7-2-8-14/h3-6,9H,2,7-8H2,1H3,(H,16,17)(H,18,19). The average molecular weight is 282 g/mol. The van der Waals surface area contributed by atoms with Crippen LogP contribution in [0.3, 0.4) is 0 Å². The second-order valence-electron chi connectivity index (χ2n) is 4.99. The molecule has 1 aliphatic rings. The molecule has 0 radical (unpaired) electrons. The molecule has 19 heavy (non-hydrogen) atoms. The van der Waals surface area contributed by atoms with Crippen molar-refractivity contribution >= 4 is 23.5 Å². The molecule has 0 aromatic heterocycles. The van der Waals surface area contributed by atoms with Gasteiger partial charge < -0.3 is 10.4 Å². The minimum atomic E-state index is -1.22. The summed E-state index contributed by atoms with van der Waals surface area (Å²) in [4.78, 5) is 23.4. The Morgan fingerprint density at radius 3 is 2.32 bits per heavy atom. The first-order valence-corrected chi connectivity index (χ1v) is 6.63. The molecule has 2 N–H and O–H groups in total. The second kappa shape index (κ2) is 5.21. The molecule has 0 saturated heterocycles. The van der Waals surface area contributed by atoms with Gasteiger partial charge in [0.2, 0.25) is 5.91 Å². The van der Waals surface area contributed by atoms with Crippen LogP contribution in [0, 0.1) is 5.41 Å². The maximum absolute atomic E-state index is 12.1. The van der Waals surface area contributed by atoms with Gasteiger partial charge in [0.1, 0.15) is 5.41 Å². The molecule has 0 heterocycles. The molecule has 1 fully saturated rings. The summed E-state index contributed by atoms with van der Waals surface area (Å²) in [5, 5.41) is 12.6. The van der Waals surface area contributed by atoms with Crippen molar-refractivity contribution in [1.29, 1.82) is 0 Å². The van der Waals surface area contributed by atoms with Crippen LogP contribution in [0.2, 0.25) is 5.02 Å². The van der Waals surface area contributed by atoms with Gasteiger partial charge in [-0.2, -0.15) is 0 Å². The summed E-state index contributed by atoms with van der Waals surface area (Å²) in [5.74, 6) is -1.42. The number of carboxylic acids is 1. The third-order valence-electron chi connectivity index (χ3n) is 3.77. The Morgan fingerprint density at radius 2 is 1.89 bits per heavy atom. The number of carbonyl (C=O) groups excluding carboxylic acids is 1. The molecular weight excluding hydrogens is 266 g/mol. The summed E-state index contributed by atoms with van der Waals surface area (Å²) in [6.45, 7) is 1.83. The van der Waals surface area contributed by atoms with E-state index in [0.717, 1.165) is 12.0 Å². The van der Waals surface area contributed by atoms with Crippen molar-refractivity contribution in [1.82, 2.24) is 5.32 Å². The lowest BCUT2D eigenvalue weighted by atomic mass is 9.68. The first kappa shape index (κ1) is 13.9. The van der Waals surface area contributed by atoms with E-state index in [4.69, 9.17) is 11.6 Å². The Kier molecular flexibility index (Phi) is 3.80. The summed E-state index contributed by atoms with van der Waals surface area (Å²) in [6.07, 6.45) is 1.62. The number of carboxylic acid groups (broad SMARTS) is 1. The molecule has 1 unspecified atom stereocenters. The van der Waals surface area contributed by atoms with E-state index in [2.05, 4.69) is 5.32 Å². The van der Waals surface area contributed by atoms with Crippen LogP contribution in [-0.2, 0) is 9.59 Å². The Balaban J connectivity index is 2.06. The predicted octanol–water partition coefficient (Wildman–Crippen LogP) is 2.77. The van der Waals surface area contributed by atoms with Crippen LogP contribution in [0.15, 0.2) is 24.3 Å². The highest BCUT2D eigenvalue weighted by Gasteiger charge is 2.51. The lowest BCUT2D eigenvalue weighted by molar-refractivity contribution is -0.162. The number of rotatable bonds is 4. The first-order valence-electron chi connectivity index (χ1n) is 6.25. The van der Waals surface area contributed by atoms with Crippen molar-refractivity contribution < 1.29 is 14.7 Å². The molecule has 4 nitrogen and oxygen atoms in total. The molecule has 0 bridgehead atoms. The van der Waals surface area contributed by atoms with Crippen LogP contribution in [0.25, 0.3) is 0 Å². The smallest absolute Gasteiger partial charge is 0.319 e. The molecule has 2 rings (SSSR count). The van der Waals surface area contributed by atoms with E-state index in [9.17, 15) is 14.7 Å². The van der Waals surface area contributed by atoms with Crippen LogP contribution in [0.1, 0.15) is 37.8 Å². The van der Waals surface area contributed by atoms with E-state index in [1.54, 1.807) is 12.1 Å². The molecule has 1 saturated carbocycles. The highest BCUT2D eigenvalue weighted by atomic mass is 35.5. The summed E-state index contributed by atoms with van der Waals surface area (Å²) in [7, 11) is 0. The van der Waals surface area contributed by atoms with E-state index >= 15 is 0 Å². The molecule has 1 amide bonds. The second-order valence-corrected chi connectivity index (χ2v) is 5.42. The van der Waals surface area contributed by atoms with E-state index < -0.39 is 17.3 Å². The van der Waals surface area contributed by atoms with Crippen molar-refractivity contribution in [3.05, 3.63) is 34.9 Å². The number of hydrogen-bond donors (Lipinski definition) is 2. The number of benzene rings is 1. The van der Waals surface area contributed by atoms with Gasteiger partial charge in [0, 0.05) is 5.02 Å². The molecule has 1 aliphatic carbocycles. The van der Waals surface area contributed by atoms with Crippen LogP contribution >= 0.6 is 11.6 Å². The normalized spacial score (nSPS) is 18.2. The minimum absolute atomic E-state index is 0.235. The number of aliphatic carboxylic acids is 1. The van der Waals surface area contributed by atoms with Crippen LogP contribution in [0.5, 0.6) is 0 Å². The Bertz CT molecular complexity index is 494. The van der Waals surface area contributed by atoms with Crippen molar-refractivity contribution in [3.8, 4) is 0 Å². The summed E-state index contributed by atoms with van der Waals surface area (Å²) < 4.78 is 0. The van der Waals surface area contributed by atoms with Gasteiger partial charge in [0.25, 0.3) is 0 Å². The minimum Gasteiger partial charge on any atom is -0.480 e. The lowest BCUT2D eigenvalue weighted by Gasteiger charge is -2.36. The first-order chi connectivity index (χ1) is 8.95. The maximum atomic E-state index is 12.1. The molecule has 0 spiro atoms. The van der Waals surface area contributed by atoms with Gasteiger partial charge >= 0.3 is 5.97 Å². The fourth-order valence-corrected chi connectivity index (χ4v) is 2.36. The number of halogens is 1. The summed E-state index contributed by atoms with van der Waals surface area (Å²) in [6, 6.07) is 6.90. The molecule has 1 aromatic rings. The monoisotopic (exact) mass is 281 g/mol. The Labute approximate surface area is 116 Å². The van der Waals surface area contributed by atoms with Gasteiger partial charge in [0.15, 0.2) is 0 Å². The molecule has 1 atom stereocenters. The van der Waals surface area contributed by atoms with Crippen LogP contribution < -0.4 is 5.32 Å². The van der Waals surface area contributed by atoms with E-state index in [1.807, 2.05) is 19.1 Å². The molecular formula is C14H16ClNO3. The van der Waals surface area contributed by atoms with Gasteiger partial charge in [-0.25, -0.2) is 0 Å². The largest absolute Gasteiger partial charge is 0.480 e. The molecule has 102 valence electrons. The zero-order chi connectivity index (χ0) is 14.0. The predicted molar refractivity (Wildman–Crippen MR) is 71.9 cm³/mol. The summed E-state index contributed by atoms with van der Waals surface area (Å²) in [5.41, 5.74) is -0.321. The average Bonchev–Trinajstić information content (AvgIpc) is 2.27. The quantitative estimate of drug-likeness (QED) is 0.834. The number of hydrogen-bond acceptors (Lipinski definition) is 2. The number of nitrogens with one attached hydrogen (secondary N) is 1. The van der Waals surface area contributed by atoms with Crippen LogP contribution in [-0.4, -0.2) is 17.0 Å². The highest BCUT2D eigenvalue weighted by molar-refractivity contribution is 6.30. The fraction of sp³-hybridized carbons (Fsp3) is 0.429. The van der Waals surface area contributed by atoms with Gasteiger partial charge in [0.05, 0.1) is 6.04 Å². The summed E-state index contributed by atoms with van der Waals surface area (Å²) >= 11 is 5.80. The third-order valence-corrected chi connectivity index (χ3v) is 4.02. The van der Waals surface area contributed by atoms with Crippen molar-refractivity contribution in [3.63, 3.8) is 0 Å². The topological polar surface area (TPSA) is 66.4 Å². The van der Waals surface area contributed by atoms with Gasteiger partial charge in [-0.3, -0.25) is 9.59 Å². The van der Waals surface area contributed by atoms with Gasteiger partial charge in [-0.15, -0.1) is 0 Å². The number of carbonyl (C=O) groups is 2. The highest BCUT2D eigenvalue weighted by Crippen LogP contribution is 2.41. The van der Waals surface area contributed by atoms with Crippen LogP contribution in [0.4, 0.5) is 0 Å².